The summed E-state index contributed by atoms with van der Waals surface area (Å²) < 4.78 is 3.09. The number of amides is 1. The van der Waals surface area contributed by atoms with E-state index in [1.807, 2.05) is 12.3 Å². The molecule has 1 fully saturated rings. The molecule has 1 unspecified atom stereocenters. The minimum atomic E-state index is 0.0499. The molecule has 1 saturated carbocycles. The second-order valence-corrected chi connectivity index (χ2v) is 6.94. The van der Waals surface area contributed by atoms with Crippen molar-refractivity contribution in [1.82, 2.24) is 9.88 Å². The number of halogens is 1. The summed E-state index contributed by atoms with van der Waals surface area (Å²) in [4.78, 5) is 12.3. The van der Waals surface area contributed by atoms with Gasteiger partial charge >= 0.3 is 0 Å². The molecule has 1 heterocycles. The van der Waals surface area contributed by atoms with Crippen molar-refractivity contribution in [2.75, 3.05) is 0 Å². The van der Waals surface area contributed by atoms with Crippen molar-refractivity contribution >= 4 is 21.8 Å². The van der Waals surface area contributed by atoms with Gasteiger partial charge in [-0.1, -0.05) is 13.8 Å². The van der Waals surface area contributed by atoms with Crippen LogP contribution in [0.2, 0.25) is 0 Å². The second-order valence-electron chi connectivity index (χ2n) is 6.03. The first-order chi connectivity index (χ1) is 8.97. The number of carbonyl (C=O) groups excluding carboxylic acids is 1. The van der Waals surface area contributed by atoms with E-state index in [1.165, 1.54) is 12.8 Å². The Morgan fingerprint density at radius 1 is 1.42 bits per heavy atom. The van der Waals surface area contributed by atoms with Crippen molar-refractivity contribution < 1.29 is 4.79 Å². The van der Waals surface area contributed by atoms with E-state index in [-0.39, 0.29) is 11.9 Å². The summed E-state index contributed by atoms with van der Waals surface area (Å²) in [7, 11) is 0. The molecule has 0 bridgehead atoms. The third-order valence-electron chi connectivity index (χ3n) is 3.54. The molecule has 3 nitrogen and oxygen atoms in total. The first kappa shape index (κ1) is 14.6. The van der Waals surface area contributed by atoms with Crippen molar-refractivity contribution in [3.05, 3.63) is 22.4 Å². The summed E-state index contributed by atoms with van der Waals surface area (Å²) in [5, 5.41) is 3.11. The van der Waals surface area contributed by atoms with Gasteiger partial charge in [-0.3, -0.25) is 4.79 Å². The molecule has 1 aliphatic rings. The van der Waals surface area contributed by atoms with Gasteiger partial charge in [0.1, 0.15) is 5.69 Å². The summed E-state index contributed by atoms with van der Waals surface area (Å²) >= 11 is 3.46. The Balaban J connectivity index is 1.95. The fraction of sp³-hybridized carbons (Fsp3) is 0.667. The van der Waals surface area contributed by atoms with Gasteiger partial charge < -0.3 is 9.88 Å². The minimum absolute atomic E-state index is 0.0499. The fourth-order valence-corrected chi connectivity index (χ4v) is 2.67. The van der Waals surface area contributed by atoms with Crippen molar-refractivity contribution in [1.29, 1.82) is 0 Å². The molecule has 0 radical (unpaired) electrons. The maximum absolute atomic E-state index is 12.3. The van der Waals surface area contributed by atoms with Crippen LogP contribution in [0.3, 0.4) is 0 Å². The Kier molecular flexibility index (Phi) is 4.71. The van der Waals surface area contributed by atoms with Crippen LogP contribution in [-0.2, 0) is 0 Å². The smallest absolute Gasteiger partial charge is 0.268 e. The number of rotatable bonds is 6. The lowest BCUT2D eigenvalue weighted by atomic mass is 10.0. The lowest BCUT2D eigenvalue weighted by molar-refractivity contribution is 0.0927. The van der Waals surface area contributed by atoms with Crippen LogP contribution in [0.5, 0.6) is 0 Å². The Morgan fingerprint density at radius 2 is 2.11 bits per heavy atom. The van der Waals surface area contributed by atoms with Crippen LogP contribution in [-0.4, -0.2) is 16.5 Å². The van der Waals surface area contributed by atoms with Crippen LogP contribution in [0.15, 0.2) is 16.7 Å². The molecular formula is C15H23BrN2O. The number of nitrogens with one attached hydrogen (secondary N) is 1. The molecule has 1 atom stereocenters. The van der Waals surface area contributed by atoms with E-state index in [1.54, 1.807) is 0 Å². The van der Waals surface area contributed by atoms with Crippen molar-refractivity contribution in [2.45, 2.75) is 58.5 Å². The average molecular weight is 327 g/mol. The van der Waals surface area contributed by atoms with Gasteiger partial charge in [-0.15, -0.1) is 0 Å². The van der Waals surface area contributed by atoms with Crippen LogP contribution in [0.4, 0.5) is 0 Å². The average Bonchev–Trinajstić information content (AvgIpc) is 3.09. The monoisotopic (exact) mass is 326 g/mol. The zero-order valence-electron chi connectivity index (χ0n) is 11.9. The second kappa shape index (κ2) is 6.12. The highest BCUT2D eigenvalue weighted by atomic mass is 79.9. The van der Waals surface area contributed by atoms with E-state index < -0.39 is 0 Å². The molecule has 2 rings (SSSR count). The standard InChI is InChI=1S/C15H23BrN2O/c1-10(2)4-5-11(3)17-15(19)14-8-12(16)9-18(14)13-6-7-13/h8-11,13H,4-7H2,1-3H3,(H,17,19). The molecule has 1 amide bonds. The minimum Gasteiger partial charge on any atom is -0.348 e. The molecule has 1 aromatic rings. The van der Waals surface area contributed by atoms with Gasteiger partial charge in [-0.05, 0) is 60.5 Å². The Morgan fingerprint density at radius 3 is 2.68 bits per heavy atom. The van der Waals surface area contributed by atoms with Gasteiger partial charge in [0.05, 0.1) is 0 Å². The summed E-state index contributed by atoms with van der Waals surface area (Å²) in [6, 6.07) is 2.68. The molecule has 0 aromatic carbocycles. The number of hydrogen-bond acceptors (Lipinski definition) is 1. The summed E-state index contributed by atoms with van der Waals surface area (Å²) in [5.41, 5.74) is 0.783. The van der Waals surface area contributed by atoms with Crippen molar-refractivity contribution in [3.8, 4) is 0 Å². The number of hydrogen-bond donors (Lipinski definition) is 1. The van der Waals surface area contributed by atoms with Crippen LogP contribution in [0.1, 0.15) is 63.0 Å². The number of nitrogens with zero attached hydrogens (tertiary/aromatic N) is 1. The zero-order valence-corrected chi connectivity index (χ0v) is 13.5. The summed E-state index contributed by atoms with van der Waals surface area (Å²) in [6.07, 6.45) is 6.57. The largest absolute Gasteiger partial charge is 0.348 e. The van der Waals surface area contributed by atoms with Gasteiger partial charge in [0.25, 0.3) is 5.91 Å². The van der Waals surface area contributed by atoms with Gasteiger partial charge in [-0.2, -0.15) is 0 Å². The quantitative estimate of drug-likeness (QED) is 0.837. The number of aromatic nitrogens is 1. The molecule has 1 aliphatic carbocycles. The Hall–Kier alpha value is -0.770. The van der Waals surface area contributed by atoms with Crippen molar-refractivity contribution in [3.63, 3.8) is 0 Å². The normalized spacial score (nSPS) is 16.7. The first-order valence-corrected chi connectivity index (χ1v) is 7.95. The van der Waals surface area contributed by atoms with Gasteiger partial charge in [0, 0.05) is 22.8 Å². The van der Waals surface area contributed by atoms with Crippen LogP contribution in [0, 0.1) is 5.92 Å². The third kappa shape index (κ3) is 4.10. The molecule has 4 heteroatoms. The lowest BCUT2D eigenvalue weighted by Gasteiger charge is -2.16. The highest BCUT2D eigenvalue weighted by Gasteiger charge is 2.28. The van der Waals surface area contributed by atoms with E-state index >= 15 is 0 Å². The third-order valence-corrected chi connectivity index (χ3v) is 3.98. The van der Waals surface area contributed by atoms with E-state index in [2.05, 4.69) is 46.6 Å². The highest BCUT2D eigenvalue weighted by Crippen LogP contribution is 2.37. The maximum Gasteiger partial charge on any atom is 0.268 e. The first-order valence-electron chi connectivity index (χ1n) is 7.15. The zero-order chi connectivity index (χ0) is 14.0. The molecule has 0 saturated heterocycles. The molecule has 1 N–H and O–H groups in total. The summed E-state index contributed by atoms with van der Waals surface area (Å²) in [6.45, 7) is 6.51. The van der Waals surface area contributed by atoms with Crippen molar-refractivity contribution in [2.24, 2.45) is 5.92 Å². The van der Waals surface area contributed by atoms with Gasteiger partial charge in [-0.25, -0.2) is 0 Å². The predicted octanol–water partition coefficient (Wildman–Crippen LogP) is 4.14. The van der Waals surface area contributed by atoms with Gasteiger partial charge in [0.15, 0.2) is 0 Å². The van der Waals surface area contributed by atoms with E-state index in [9.17, 15) is 4.79 Å². The van der Waals surface area contributed by atoms with Crippen LogP contribution >= 0.6 is 15.9 Å². The molecule has 106 valence electrons. The maximum atomic E-state index is 12.3. The Bertz CT molecular complexity index is 449. The van der Waals surface area contributed by atoms with Gasteiger partial charge in [0.2, 0.25) is 0 Å². The molecule has 19 heavy (non-hydrogen) atoms. The van der Waals surface area contributed by atoms with E-state index in [0.717, 1.165) is 23.0 Å². The lowest BCUT2D eigenvalue weighted by Crippen LogP contribution is -2.34. The fourth-order valence-electron chi connectivity index (χ4n) is 2.24. The molecule has 0 spiro atoms. The SMILES string of the molecule is CC(C)CCC(C)NC(=O)c1cc(Br)cn1C1CC1. The molecular weight excluding hydrogens is 304 g/mol. The summed E-state index contributed by atoms with van der Waals surface area (Å²) in [5.74, 6) is 0.734. The van der Waals surface area contributed by atoms with Crippen LogP contribution < -0.4 is 5.32 Å². The Labute approximate surface area is 123 Å². The van der Waals surface area contributed by atoms with E-state index in [0.29, 0.717) is 12.0 Å². The van der Waals surface area contributed by atoms with E-state index in [4.69, 9.17) is 0 Å². The highest BCUT2D eigenvalue weighted by molar-refractivity contribution is 9.10. The predicted molar refractivity (Wildman–Crippen MR) is 81.4 cm³/mol. The molecule has 0 aliphatic heterocycles. The number of carbonyl (C=O) groups is 1. The van der Waals surface area contributed by atoms with Crippen LogP contribution in [0.25, 0.3) is 0 Å². The molecule has 1 aromatic heterocycles. The topological polar surface area (TPSA) is 34.0 Å².